The number of aliphatic hydroxyl groups excluding tert-OH is 1. The first-order valence-corrected chi connectivity index (χ1v) is 8.03. The van der Waals surface area contributed by atoms with Gasteiger partial charge in [-0.3, -0.25) is 0 Å². The highest BCUT2D eigenvalue weighted by Crippen LogP contribution is 2.28. The van der Waals surface area contributed by atoms with Crippen LogP contribution in [-0.4, -0.2) is 53.9 Å². The Balaban J connectivity index is 1.59. The monoisotopic (exact) mass is 317 g/mol. The number of fused-ring (bicyclic) bond motifs is 1. The van der Waals surface area contributed by atoms with Crippen molar-refractivity contribution in [2.45, 2.75) is 25.4 Å². The highest BCUT2D eigenvalue weighted by molar-refractivity contribution is 5.89. The maximum absolute atomic E-state index is 12.1. The number of rotatable bonds is 4. The van der Waals surface area contributed by atoms with E-state index in [2.05, 4.69) is 10.3 Å². The molecule has 0 bridgehead atoms. The van der Waals surface area contributed by atoms with Crippen LogP contribution in [0.1, 0.15) is 18.4 Å². The standard InChI is InChI=1S/C17H23N3O3/c1-23-15-6-2-5-14-16(15)12(10-19-14)7-8-18-17(22)20-9-3-4-13(21)11-20/h2,5-6,10,13,19,21H,3-4,7-9,11H2,1H3,(H,18,22). The van der Waals surface area contributed by atoms with Crippen LogP contribution in [0.5, 0.6) is 5.75 Å². The third kappa shape index (κ3) is 3.42. The summed E-state index contributed by atoms with van der Waals surface area (Å²) in [6.07, 6.45) is 3.92. The van der Waals surface area contributed by atoms with Gasteiger partial charge in [-0.05, 0) is 37.0 Å². The molecule has 2 heterocycles. The summed E-state index contributed by atoms with van der Waals surface area (Å²) >= 11 is 0. The molecular formula is C17H23N3O3. The van der Waals surface area contributed by atoms with Gasteiger partial charge in [0, 0.05) is 36.7 Å². The molecule has 6 nitrogen and oxygen atoms in total. The smallest absolute Gasteiger partial charge is 0.317 e. The summed E-state index contributed by atoms with van der Waals surface area (Å²) in [5.41, 5.74) is 2.15. The van der Waals surface area contributed by atoms with E-state index in [0.717, 1.165) is 41.5 Å². The summed E-state index contributed by atoms with van der Waals surface area (Å²) in [5, 5.41) is 13.6. The molecule has 23 heavy (non-hydrogen) atoms. The minimum Gasteiger partial charge on any atom is -0.496 e. The molecule has 1 aromatic heterocycles. The van der Waals surface area contributed by atoms with Gasteiger partial charge < -0.3 is 25.0 Å². The molecular weight excluding hydrogens is 294 g/mol. The van der Waals surface area contributed by atoms with Gasteiger partial charge in [-0.2, -0.15) is 0 Å². The van der Waals surface area contributed by atoms with Crippen molar-refractivity contribution in [3.05, 3.63) is 30.0 Å². The molecule has 0 saturated carbocycles. The fraction of sp³-hybridized carbons (Fsp3) is 0.471. The van der Waals surface area contributed by atoms with Crippen LogP contribution in [0, 0.1) is 0 Å². The molecule has 6 heteroatoms. The Kier molecular flexibility index (Phi) is 4.71. The van der Waals surface area contributed by atoms with Gasteiger partial charge >= 0.3 is 6.03 Å². The van der Waals surface area contributed by atoms with E-state index in [4.69, 9.17) is 4.74 Å². The maximum atomic E-state index is 12.1. The molecule has 2 amide bonds. The first kappa shape index (κ1) is 15.7. The van der Waals surface area contributed by atoms with Crippen LogP contribution in [0.15, 0.2) is 24.4 Å². The third-order valence-corrected chi connectivity index (χ3v) is 4.32. The SMILES string of the molecule is COc1cccc2[nH]cc(CCNC(=O)N3CCCC(O)C3)c12. The second kappa shape index (κ2) is 6.91. The molecule has 3 N–H and O–H groups in total. The molecule has 1 saturated heterocycles. The highest BCUT2D eigenvalue weighted by atomic mass is 16.5. The van der Waals surface area contributed by atoms with Crippen molar-refractivity contribution >= 4 is 16.9 Å². The van der Waals surface area contributed by atoms with E-state index in [1.807, 2.05) is 24.4 Å². The number of methoxy groups -OCH3 is 1. The number of nitrogens with one attached hydrogen (secondary N) is 2. The zero-order valence-electron chi connectivity index (χ0n) is 13.3. The number of aliphatic hydroxyl groups is 1. The predicted octanol–water partition coefficient (Wildman–Crippen LogP) is 1.89. The summed E-state index contributed by atoms with van der Waals surface area (Å²) in [6.45, 7) is 1.69. The number of nitrogens with zero attached hydrogens (tertiary/aromatic N) is 1. The number of urea groups is 1. The van der Waals surface area contributed by atoms with Crippen LogP contribution in [0.25, 0.3) is 10.9 Å². The van der Waals surface area contributed by atoms with Crippen LogP contribution in [0.2, 0.25) is 0 Å². The summed E-state index contributed by atoms with van der Waals surface area (Å²) in [7, 11) is 1.66. The second-order valence-electron chi connectivity index (χ2n) is 5.92. The van der Waals surface area contributed by atoms with Gasteiger partial charge in [0.1, 0.15) is 5.75 Å². The number of H-pyrrole nitrogens is 1. The van der Waals surface area contributed by atoms with E-state index in [1.165, 1.54) is 0 Å². The van der Waals surface area contributed by atoms with Crippen LogP contribution >= 0.6 is 0 Å². The number of likely N-dealkylation sites (tertiary alicyclic amines) is 1. The number of hydrogen-bond donors (Lipinski definition) is 3. The van der Waals surface area contributed by atoms with Crippen LogP contribution in [0.4, 0.5) is 4.79 Å². The van der Waals surface area contributed by atoms with Crippen molar-refractivity contribution < 1.29 is 14.6 Å². The lowest BCUT2D eigenvalue weighted by Gasteiger charge is -2.30. The predicted molar refractivity (Wildman–Crippen MR) is 88.8 cm³/mol. The first-order chi connectivity index (χ1) is 11.2. The highest BCUT2D eigenvalue weighted by Gasteiger charge is 2.21. The Morgan fingerprint density at radius 2 is 2.39 bits per heavy atom. The zero-order valence-corrected chi connectivity index (χ0v) is 13.3. The Morgan fingerprint density at radius 1 is 1.52 bits per heavy atom. The molecule has 1 fully saturated rings. The quantitative estimate of drug-likeness (QED) is 0.806. The van der Waals surface area contributed by atoms with Crippen molar-refractivity contribution in [3.63, 3.8) is 0 Å². The van der Waals surface area contributed by atoms with E-state index in [1.54, 1.807) is 12.0 Å². The van der Waals surface area contributed by atoms with Crippen molar-refractivity contribution in [2.24, 2.45) is 0 Å². The van der Waals surface area contributed by atoms with Gasteiger partial charge in [0.15, 0.2) is 0 Å². The van der Waals surface area contributed by atoms with E-state index < -0.39 is 6.10 Å². The van der Waals surface area contributed by atoms with Gasteiger partial charge in [0.05, 0.1) is 13.2 Å². The van der Waals surface area contributed by atoms with E-state index in [9.17, 15) is 9.90 Å². The molecule has 0 radical (unpaired) electrons. The average Bonchev–Trinajstić information content (AvgIpc) is 2.98. The van der Waals surface area contributed by atoms with E-state index in [0.29, 0.717) is 19.6 Å². The lowest BCUT2D eigenvalue weighted by Crippen LogP contribution is -2.47. The molecule has 0 spiro atoms. The minimum atomic E-state index is -0.396. The number of piperidine rings is 1. The number of ether oxygens (including phenoxy) is 1. The molecule has 1 aliphatic heterocycles. The van der Waals surface area contributed by atoms with Crippen molar-refractivity contribution in [1.82, 2.24) is 15.2 Å². The lowest BCUT2D eigenvalue weighted by atomic mass is 10.1. The summed E-state index contributed by atoms with van der Waals surface area (Å²) in [4.78, 5) is 17.0. The number of carbonyl (C=O) groups excluding carboxylic acids is 1. The fourth-order valence-corrected chi connectivity index (χ4v) is 3.14. The summed E-state index contributed by atoms with van der Waals surface area (Å²) in [6, 6.07) is 5.79. The van der Waals surface area contributed by atoms with Crippen molar-refractivity contribution in [2.75, 3.05) is 26.7 Å². The zero-order chi connectivity index (χ0) is 16.2. The Hall–Kier alpha value is -2.21. The topological polar surface area (TPSA) is 77.6 Å². The first-order valence-electron chi connectivity index (χ1n) is 8.03. The Morgan fingerprint density at radius 3 is 3.17 bits per heavy atom. The molecule has 1 atom stereocenters. The minimum absolute atomic E-state index is 0.101. The molecule has 1 aliphatic rings. The number of aromatic nitrogens is 1. The van der Waals surface area contributed by atoms with E-state index >= 15 is 0 Å². The van der Waals surface area contributed by atoms with Gasteiger partial charge in [-0.1, -0.05) is 6.07 Å². The number of hydrogen-bond acceptors (Lipinski definition) is 3. The molecule has 2 aromatic rings. The Bertz CT molecular complexity index is 683. The number of β-amino-alcohol motifs (C(OH)–C–C–N with tert-alkyl or cyclic N) is 1. The number of carbonyl (C=O) groups is 1. The molecule has 3 rings (SSSR count). The van der Waals surface area contributed by atoms with Crippen LogP contribution < -0.4 is 10.1 Å². The van der Waals surface area contributed by atoms with Crippen LogP contribution in [0.3, 0.4) is 0 Å². The van der Waals surface area contributed by atoms with Crippen LogP contribution in [-0.2, 0) is 6.42 Å². The molecule has 124 valence electrons. The van der Waals surface area contributed by atoms with Gasteiger partial charge in [0.25, 0.3) is 0 Å². The van der Waals surface area contributed by atoms with Crippen molar-refractivity contribution in [1.29, 1.82) is 0 Å². The molecule has 1 aromatic carbocycles. The third-order valence-electron chi connectivity index (χ3n) is 4.32. The largest absolute Gasteiger partial charge is 0.496 e. The number of aromatic amines is 1. The van der Waals surface area contributed by atoms with Gasteiger partial charge in [-0.15, -0.1) is 0 Å². The average molecular weight is 317 g/mol. The lowest BCUT2D eigenvalue weighted by molar-refractivity contribution is 0.0843. The summed E-state index contributed by atoms with van der Waals surface area (Å²) < 4.78 is 5.42. The number of amides is 2. The normalized spacial score (nSPS) is 18.2. The second-order valence-corrected chi connectivity index (χ2v) is 5.92. The molecule has 1 unspecified atom stereocenters. The summed E-state index contributed by atoms with van der Waals surface area (Å²) in [5.74, 6) is 0.837. The van der Waals surface area contributed by atoms with E-state index in [-0.39, 0.29) is 6.03 Å². The van der Waals surface area contributed by atoms with Crippen molar-refractivity contribution in [3.8, 4) is 5.75 Å². The van der Waals surface area contributed by atoms with Gasteiger partial charge in [-0.25, -0.2) is 4.79 Å². The molecule has 0 aliphatic carbocycles. The maximum Gasteiger partial charge on any atom is 0.317 e. The number of benzene rings is 1. The fourth-order valence-electron chi connectivity index (χ4n) is 3.14. The Labute approximate surface area is 135 Å². The van der Waals surface area contributed by atoms with Gasteiger partial charge in [0.2, 0.25) is 0 Å².